The van der Waals surface area contributed by atoms with Gasteiger partial charge in [-0.25, -0.2) is 4.79 Å². The van der Waals surface area contributed by atoms with Crippen molar-refractivity contribution in [3.8, 4) is 0 Å². The van der Waals surface area contributed by atoms with Gasteiger partial charge in [0.25, 0.3) is 0 Å². The largest absolute Gasteiger partial charge is 0.464 e. The molecule has 7 heteroatoms. The second-order valence-electron chi connectivity index (χ2n) is 5.68. The number of methoxy groups -OCH3 is 1. The van der Waals surface area contributed by atoms with E-state index < -0.39 is 5.97 Å². The number of nitrogens with zero attached hydrogens (tertiary/aromatic N) is 2. The summed E-state index contributed by atoms with van der Waals surface area (Å²) in [6, 6.07) is 12.8. The van der Waals surface area contributed by atoms with Gasteiger partial charge in [-0.15, -0.1) is 0 Å². The number of oxime groups is 2. The van der Waals surface area contributed by atoms with Crippen LogP contribution in [0.15, 0.2) is 52.8 Å². The van der Waals surface area contributed by atoms with E-state index >= 15 is 0 Å². The predicted octanol–water partition coefficient (Wildman–Crippen LogP) is 4.11. The van der Waals surface area contributed by atoms with Crippen LogP contribution in [0.25, 0.3) is 0 Å². The third-order valence-corrected chi connectivity index (χ3v) is 4.11. The fourth-order valence-electron chi connectivity index (χ4n) is 2.46. The highest BCUT2D eigenvalue weighted by Gasteiger charge is 2.20. The van der Waals surface area contributed by atoms with Crippen molar-refractivity contribution < 1.29 is 19.2 Å². The summed E-state index contributed by atoms with van der Waals surface area (Å²) in [5, 5.41) is 8.58. The molecule has 0 aliphatic carbocycles. The van der Waals surface area contributed by atoms with E-state index in [4.69, 9.17) is 26.0 Å². The van der Waals surface area contributed by atoms with Gasteiger partial charge in [0.2, 0.25) is 0 Å². The SMILES string of the molecule is CO/N=C(/C(=O)OC)c1cccc(C)c1CO/N=C(\C)c1cccc(Cl)c1. The van der Waals surface area contributed by atoms with Crippen LogP contribution in [0, 0.1) is 6.92 Å². The molecule has 0 unspecified atom stereocenters. The monoisotopic (exact) mass is 388 g/mol. The molecule has 0 saturated carbocycles. The lowest BCUT2D eigenvalue weighted by molar-refractivity contribution is -0.132. The number of hydrogen-bond acceptors (Lipinski definition) is 6. The lowest BCUT2D eigenvalue weighted by Crippen LogP contribution is -2.20. The number of benzene rings is 2. The Morgan fingerprint density at radius 3 is 2.52 bits per heavy atom. The first kappa shape index (κ1) is 20.5. The molecule has 0 aliphatic heterocycles. The van der Waals surface area contributed by atoms with Crippen molar-refractivity contribution in [3.05, 3.63) is 69.7 Å². The van der Waals surface area contributed by atoms with Crippen molar-refractivity contribution in [2.75, 3.05) is 14.2 Å². The average Bonchev–Trinajstić information content (AvgIpc) is 2.66. The first-order valence-electron chi connectivity index (χ1n) is 8.18. The maximum Gasteiger partial charge on any atom is 0.360 e. The van der Waals surface area contributed by atoms with Crippen LogP contribution in [0.2, 0.25) is 5.02 Å². The third-order valence-electron chi connectivity index (χ3n) is 3.88. The van der Waals surface area contributed by atoms with E-state index in [-0.39, 0.29) is 12.3 Å². The Bertz CT molecular complexity index is 878. The molecule has 0 saturated heterocycles. The highest BCUT2D eigenvalue weighted by molar-refractivity contribution is 6.43. The lowest BCUT2D eigenvalue weighted by atomic mass is 9.99. The molecule has 0 aromatic heterocycles. The Kier molecular flexibility index (Phi) is 7.37. The number of esters is 1. The molecule has 2 aromatic rings. The van der Waals surface area contributed by atoms with Crippen molar-refractivity contribution in [2.45, 2.75) is 20.5 Å². The maximum atomic E-state index is 12.1. The van der Waals surface area contributed by atoms with Crippen LogP contribution in [0.3, 0.4) is 0 Å². The fraction of sp³-hybridized carbons (Fsp3) is 0.250. The smallest absolute Gasteiger partial charge is 0.360 e. The van der Waals surface area contributed by atoms with Crippen LogP contribution in [0.5, 0.6) is 0 Å². The Balaban J connectivity index is 2.27. The molecule has 0 heterocycles. The number of halogens is 1. The molecular formula is C20H21ClN2O4. The second-order valence-corrected chi connectivity index (χ2v) is 6.11. The second kappa shape index (κ2) is 9.73. The molecule has 2 aromatic carbocycles. The standard InChI is InChI=1S/C20H21ClN2O4/c1-13-7-5-10-17(19(23-26-4)20(24)25-3)18(13)12-27-22-14(2)15-8-6-9-16(21)11-15/h5-11H,12H2,1-4H3/b22-14+,23-19+. The minimum Gasteiger partial charge on any atom is -0.464 e. The predicted molar refractivity (Wildman–Crippen MR) is 105 cm³/mol. The zero-order valence-corrected chi connectivity index (χ0v) is 16.4. The third kappa shape index (κ3) is 5.31. The quantitative estimate of drug-likeness (QED) is 0.406. The van der Waals surface area contributed by atoms with Gasteiger partial charge in [-0.2, -0.15) is 0 Å². The summed E-state index contributed by atoms with van der Waals surface area (Å²) in [6.07, 6.45) is 0. The molecule has 0 spiro atoms. The van der Waals surface area contributed by atoms with Gasteiger partial charge in [0.15, 0.2) is 5.71 Å². The number of carbonyl (C=O) groups excluding carboxylic acids is 1. The zero-order chi connectivity index (χ0) is 19.8. The molecule has 27 heavy (non-hydrogen) atoms. The van der Waals surface area contributed by atoms with Gasteiger partial charge in [0.1, 0.15) is 13.7 Å². The zero-order valence-electron chi connectivity index (χ0n) is 15.7. The Labute approximate surface area is 163 Å². The molecular weight excluding hydrogens is 368 g/mol. The van der Waals surface area contributed by atoms with Crippen LogP contribution in [-0.4, -0.2) is 31.6 Å². The van der Waals surface area contributed by atoms with E-state index in [0.29, 0.717) is 16.3 Å². The number of rotatable bonds is 7. The van der Waals surface area contributed by atoms with Crippen LogP contribution in [-0.2, 0) is 25.8 Å². The molecule has 0 fully saturated rings. The number of aryl methyl sites for hydroxylation is 1. The minimum absolute atomic E-state index is 0.0674. The van der Waals surface area contributed by atoms with Gasteiger partial charge < -0.3 is 14.4 Å². The number of ether oxygens (including phenoxy) is 1. The van der Waals surface area contributed by atoms with Crippen LogP contribution < -0.4 is 0 Å². The summed E-state index contributed by atoms with van der Waals surface area (Å²) >= 11 is 6.00. The van der Waals surface area contributed by atoms with Gasteiger partial charge >= 0.3 is 5.97 Å². The van der Waals surface area contributed by atoms with Crippen LogP contribution in [0.1, 0.15) is 29.2 Å². The molecule has 0 atom stereocenters. The molecule has 6 nitrogen and oxygen atoms in total. The first-order valence-corrected chi connectivity index (χ1v) is 8.56. The molecule has 2 rings (SSSR count). The fourth-order valence-corrected chi connectivity index (χ4v) is 2.65. The van der Waals surface area contributed by atoms with Gasteiger partial charge in [-0.05, 0) is 31.5 Å². The van der Waals surface area contributed by atoms with E-state index in [1.165, 1.54) is 14.2 Å². The van der Waals surface area contributed by atoms with Crippen molar-refractivity contribution in [1.82, 2.24) is 0 Å². The Hall–Kier alpha value is -2.86. The number of carbonyl (C=O) groups is 1. The van der Waals surface area contributed by atoms with Gasteiger partial charge in [0.05, 0.1) is 12.8 Å². The summed E-state index contributed by atoms with van der Waals surface area (Å²) in [7, 11) is 2.66. The molecule has 0 N–H and O–H groups in total. The van der Waals surface area contributed by atoms with E-state index in [0.717, 1.165) is 16.7 Å². The van der Waals surface area contributed by atoms with Gasteiger partial charge in [-0.1, -0.05) is 52.2 Å². The molecule has 0 radical (unpaired) electrons. The Morgan fingerprint density at radius 1 is 1.11 bits per heavy atom. The van der Waals surface area contributed by atoms with E-state index in [2.05, 4.69) is 10.3 Å². The summed E-state index contributed by atoms with van der Waals surface area (Å²) in [5.74, 6) is -0.595. The van der Waals surface area contributed by atoms with E-state index in [1.54, 1.807) is 12.1 Å². The maximum absolute atomic E-state index is 12.1. The van der Waals surface area contributed by atoms with E-state index in [9.17, 15) is 4.79 Å². The molecule has 142 valence electrons. The summed E-state index contributed by atoms with van der Waals surface area (Å²) in [5.41, 5.74) is 3.88. The summed E-state index contributed by atoms with van der Waals surface area (Å²) in [6.45, 7) is 3.90. The number of hydrogen-bond donors (Lipinski definition) is 0. The highest BCUT2D eigenvalue weighted by Crippen LogP contribution is 2.18. The normalized spacial score (nSPS) is 11.9. The van der Waals surface area contributed by atoms with E-state index in [1.807, 2.05) is 44.2 Å². The minimum atomic E-state index is -0.595. The van der Waals surface area contributed by atoms with Crippen LogP contribution in [0.4, 0.5) is 0 Å². The Morgan fingerprint density at radius 2 is 1.85 bits per heavy atom. The topological polar surface area (TPSA) is 69.5 Å². The highest BCUT2D eigenvalue weighted by atomic mass is 35.5. The van der Waals surface area contributed by atoms with Gasteiger partial charge in [0, 0.05) is 21.7 Å². The average molecular weight is 389 g/mol. The van der Waals surface area contributed by atoms with Crippen molar-refractivity contribution >= 4 is 29.0 Å². The van der Waals surface area contributed by atoms with Crippen molar-refractivity contribution in [1.29, 1.82) is 0 Å². The lowest BCUT2D eigenvalue weighted by Gasteiger charge is -2.12. The van der Waals surface area contributed by atoms with Crippen molar-refractivity contribution in [3.63, 3.8) is 0 Å². The first-order chi connectivity index (χ1) is 13.0. The molecule has 0 aliphatic rings. The van der Waals surface area contributed by atoms with Crippen molar-refractivity contribution in [2.24, 2.45) is 10.3 Å². The van der Waals surface area contributed by atoms with Gasteiger partial charge in [-0.3, -0.25) is 0 Å². The van der Waals surface area contributed by atoms with Crippen LogP contribution >= 0.6 is 11.6 Å². The molecule has 0 amide bonds. The molecule has 0 bridgehead atoms. The summed E-state index contributed by atoms with van der Waals surface area (Å²) in [4.78, 5) is 22.4. The summed E-state index contributed by atoms with van der Waals surface area (Å²) < 4.78 is 4.80.